The average molecular weight is 729 g/mol. The molecule has 0 aliphatic carbocycles. The first kappa shape index (κ1) is 39.7. The predicted octanol–water partition coefficient (Wildman–Crippen LogP) is 13.8. The van der Waals surface area contributed by atoms with E-state index in [0.717, 1.165) is 64.3 Å². The summed E-state index contributed by atoms with van der Waals surface area (Å²) in [4.78, 5) is 19.8. The molecule has 0 aliphatic rings. The Balaban J connectivity index is 1.43. The molecule has 4 heteroatoms. The fourth-order valence-corrected chi connectivity index (χ4v) is 8.28. The Bertz CT molecular complexity index is 2160. The lowest BCUT2D eigenvalue weighted by molar-refractivity contribution is 0.439. The van der Waals surface area contributed by atoms with Crippen LogP contribution in [0, 0.1) is 13.8 Å². The van der Waals surface area contributed by atoms with Gasteiger partial charge < -0.3 is 0 Å². The molecule has 0 atom stereocenters. The molecule has 0 bridgehead atoms. The number of nitrogens with zero attached hydrogens (tertiary/aromatic N) is 4. The Morgan fingerprint density at radius 3 is 1.42 bits per heavy atom. The predicted molar refractivity (Wildman–Crippen MR) is 233 cm³/mol. The lowest BCUT2D eigenvalue weighted by atomic mass is 9.66. The van der Waals surface area contributed by atoms with E-state index in [1.165, 1.54) is 52.6 Å². The van der Waals surface area contributed by atoms with Gasteiger partial charge in [-0.1, -0.05) is 134 Å². The molecule has 284 valence electrons. The molecule has 4 heterocycles. The second kappa shape index (κ2) is 16.4. The monoisotopic (exact) mass is 728 g/mol. The summed E-state index contributed by atoms with van der Waals surface area (Å²) >= 11 is 0. The Kier molecular flexibility index (Phi) is 11.9. The van der Waals surface area contributed by atoms with Gasteiger partial charge in [0.05, 0.1) is 11.4 Å². The second-order valence-electron chi connectivity index (χ2n) is 17.2. The minimum atomic E-state index is -0.240. The minimum Gasteiger partial charge on any atom is -0.260 e. The summed E-state index contributed by atoms with van der Waals surface area (Å²) in [6.07, 6.45) is 14.8. The highest BCUT2D eigenvalue weighted by atomic mass is 14.7. The van der Waals surface area contributed by atoms with Crippen molar-refractivity contribution in [2.24, 2.45) is 0 Å². The lowest BCUT2D eigenvalue weighted by Crippen LogP contribution is -2.28. The van der Waals surface area contributed by atoms with Gasteiger partial charge in [-0.2, -0.15) is 0 Å². The molecule has 2 aromatic carbocycles. The highest BCUT2D eigenvalue weighted by Gasteiger charge is 2.36. The topological polar surface area (TPSA) is 51.6 Å². The molecule has 0 saturated heterocycles. The number of pyridine rings is 4. The van der Waals surface area contributed by atoms with E-state index in [-0.39, 0.29) is 16.2 Å². The number of benzene rings is 2. The number of rotatable bonds is 13. The molecule has 0 unspecified atom stereocenters. The highest BCUT2D eigenvalue weighted by molar-refractivity contribution is 5.82. The summed E-state index contributed by atoms with van der Waals surface area (Å²) in [5.74, 6) is 0. The van der Waals surface area contributed by atoms with Gasteiger partial charge in [0.25, 0.3) is 0 Å². The summed E-state index contributed by atoms with van der Waals surface area (Å²) in [5, 5.41) is 0. The van der Waals surface area contributed by atoms with Crippen LogP contribution in [-0.4, -0.2) is 19.9 Å². The van der Waals surface area contributed by atoms with E-state index < -0.39 is 0 Å². The van der Waals surface area contributed by atoms with E-state index in [2.05, 4.69) is 154 Å². The van der Waals surface area contributed by atoms with E-state index in [4.69, 9.17) is 19.9 Å². The fourth-order valence-electron chi connectivity index (χ4n) is 8.28. The van der Waals surface area contributed by atoms with Crippen LogP contribution in [0.3, 0.4) is 0 Å². The van der Waals surface area contributed by atoms with Crippen molar-refractivity contribution in [3.8, 4) is 44.8 Å². The average Bonchev–Trinajstić information content (AvgIpc) is 3.18. The number of hydrogen-bond acceptors (Lipinski definition) is 4. The number of hydrogen-bond donors (Lipinski definition) is 0. The van der Waals surface area contributed by atoms with Crippen LogP contribution in [0.25, 0.3) is 44.8 Å². The van der Waals surface area contributed by atoms with Gasteiger partial charge in [-0.25, -0.2) is 0 Å². The van der Waals surface area contributed by atoms with Crippen molar-refractivity contribution >= 4 is 0 Å². The van der Waals surface area contributed by atoms with E-state index in [1.54, 1.807) is 0 Å². The maximum Gasteiger partial charge on any atom is 0.0717 e. The SMILES string of the molecule is CCCCCC(C)(C)c1ccc(-c2ccc(-c3cccc(-c4ccc(-c5ccc(C(C)(C)C)nc5)nc4)c3C(CC)(CC)c3cc(C)cc(C)c3)cn2)cn1. The molecule has 0 amide bonds. The van der Waals surface area contributed by atoms with Gasteiger partial charge in [-0.15, -0.1) is 0 Å². The first-order valence-corrected chi connectivity index (χ1v) is 20.4. The third-order valence-electron chi connectivity index (χ3n) is 11.7. The van der Waals surface area contributed by atoms with Gasteiger partial charge in [0.15, 0.2) is 0 Å². The van der Waals surface area contributed by atoms with Gasteiger partial charge >= 0.3 is 0 Å². The van der Waals surface area contributed by atoms with Crippen LogP contribution in [0.4, 0.5) is 0 Å². The molecule has 0 fully saturated rings. The molecule has 0 N–H and O–H groups in total. The number of unbranched alkanes of at least 4 members (excludes halogenated alkanes) is 2. The molecular formula is C51H60N4. The number of aryl methyl sites for hydroxylation is 2. The van der Waals surface area contributed by atoms with Crippen molar-refractivity contribution in [1.82, 2.24) is 19.9 Å². The molecule has 55 heavy (non-hydrogen) atoms. The van der Waals surface area contributed by atoms with Gasteiger partial charge in [0.2, 0.25) is 0 Å². The van der Waals surface area contributed by atoms with Crippen LogP contribution in [0.5, 0.6) is 0 Å². The first-order valence-electron chi connectivity index (χ1n) is 20.4. The molecule has 4 aromatic heterocycles. The quantitative estimate of drug-likeness (QED) is 0.111. The largest absolute Gasteiger partial charge is 0.260 e. The van der Waals surface area contributed by atoms with Crippen molar-refractivity contribution in [1.29, 1.82) is 0 Å². The van der Waals surface area contributed by atoms with E-state index in [1.807, 2.05) is 24.8 Å². The Labute approximate surface area is 331 Å². The van der Waals surface area contributed by atoms with E-state index in [0.29, 0.717) is 0 Å². The molecule has 0 radical (unpaired) electrons. The third kappa shape index (κ3) is 8.49. The fraction of sp³-hybridized carbons (Fsp3) is 0.373. The molecule has 0 saturated carbocycles. The van der Waals surface area contributed by atoms with Crippen molar-refractivity contribution < 1.29 is 0 Å². The molecule has 6 aromatic rings. The zero-order valence-corrected chi connectivity index (χ0v) is 34.9. The summed E-state index contributed by atoms with van der Waals surface area (Å²) in [7, 11) is 0. The first-order chi connectivity index (χ1) is 26.3. The van der Waals surface area contributed by atoms with Crippen LogP contribution in [0.1, 0.15) is 128 Å². The summed E-state index contributed by atoms with van der Waals surface area (Å²) in [5.41, 5.74) is 15.8. The molecular weight excluding hydrogens is 669 g/mol. The van der Waals surface area contributed by atoms with Crippen molar-refractivity contribution in [3.63, 3.8) is 0 Å². The summed E-state index contributed by atoms with van der Waals surface area (Å²) in [6, 6.07) is 31.2. The summed E-state index contributed by atoms with van der Waals surface area (Å²) in [6.45, 7) is 22.5. The molecule has 0 spiro atoms. The number of aromatic nitrogens is 4. The van der Waals surface area contributed by atoms with Crippen LogP contribution in [-0.2, 0) is 16.2 Å². The van der Waals surface area contributed by atoms with E-state index in [9.17, 15) is 0 Å². The zero-order valence-electron chi connectivity index (χ0n) is 34.9. The molecule has 6 rings (SSSR count). The second-order valence-corrected chi connectivity index (χ2v) is 17.2. The van der Waals surface area contributed by atoms with Crippen LogP contribution < -0.4 is 0 Å². The van der Waals surface area contributed by atoms with Crippen molar-refractivity contribution in [2.75, 3.05) is 0 Å². The van der Waals surface area contributed by atoms with Crippen molar-refractivity contribution in [2.45, 2.75) is 124 Å². The maximum absolute atomic E-state index is 5.06. The van der Waals surface area contributed by atoms with Crippen LogP contribution in [0.15, 0.2) is 110 Å². The van der Waals surface area contributed by atoms with E-state index >= 15 is 0 Å². The zero-order chi connectivity index (χ0) is 39.4. The minimum absolute atomic E-state index is 0.00146. The van der Waals surface area contributed by atoms with Crippen LogP contribution >= 0.6 is 0 Å². The Morgan fingerprint density at radius 1 is 0.509 bits per heavy atom. The van der Waals surface area contributed by atoms with Gasteiger partial charge in [0, 0.05) is 74.7 Å². The Hall–Kier alpha value is -4.96. The van der Waals surface area contributed by atoms with Gasteiger partial charge in [-0.3, -0.25) is 19.9 Å². The van der Waals surface area contributed by atoms with Gasteiger partial charge in [0.1, 0.15) is 0 Å². The highest BCUT2D eigenvalue weighted by Crippen LogP contribution is 2.48. The Morgan fingerprint density at radius 2 is 1.00 bits per heavy atom. The van der Waals surface area contributed by atoms with Crippen LogP contribution in [0.2, 0.25) is 0 Å². The maximum atomic E-state index is 5.06. The molecule has 4 nitrogen and oxygen atoms in total. The smallest absolute Gasteiger partial charge is 0.0717 e. The third-order valence-corrected chi connectivity index (χ3v) is 11.7. The van der Waals surface area contributed by atoms with Gasteiger partial charge in [-0.05, 0) is 91.8 Å². The normalized spacial score (nSPS) is 12.3. The van der Waals surface area contributed by atoms with Crippen molar-refractivity contribution in [3.05, 3.63) is 143 Å². The molecule has 0 aliphatic heterocycles. The standard InChI is InChI=1S/C51H60N4/c1-11-14-15-27-50(9,10)47-26-22-40(34-55-47)45-24-20-38(32-53-45)43-18-16-17-42(48(43)51(12-2,13-3)41-29-35(4)28-36(5)30-41)37-19-23-44(52-31-37)39-21-25-46(54-33-39)49(6,7)8/h16-26,28-34H,11-15,27H2,1-10H3. The lowest BCUT2D eigenvalue weighted by Gasteiger charge is -2.37. The summed E-state index contributed by atoms with van der Waals surface area (Å²) < 4.78 is 0.